The van der Waals surface area contributed by atoms with Crippen molar-refractivity contribution in [2.75, 3.05) is 0 Å². The molecule has 1 heterocycles. The van der Waals surface area contributed by atoms with Crippen LogP contribution in [0.2, 0.25) is 0 Å². The number of hydrogen-bond donors (Lipinski definition) is 4. The zero-order valence-corrected chi connectivity index (χ0v) is 13.0. The van der Waals surface area contributed by atoms with Crippen molar-refractivity contribution in [3.05, 3.63) is 56.7 Å². The van der Waals surface area contributed by atoms with Gasteiger partial charge in [0.15, 0.2) is 0 Å². The molecule has 0 atom stereocenters. The summed E-state index contributed by atoms with van der Waals surface area (Å²) in [7, 11) is 0. The van der Waals surface area contributed by atoms with Gasteiger partial charge < -0.3 is 24.8 Å². The van der Waals surface area contributed by atoms with Gasteiger partial charge in [-0.05, 0) is 24.3 Å². The molecule has 0 radical (unpaired) electrons. The van der Waals surface area contributed by atoms with Crippen molar-refractivity contribution in [2.45, 2.75) is 0 Å². The molecule has 10 nitrogen and oxygen atoms in total. The molecule has 4 N–H and O–H groups in total. The van der Waals surface area contributed by atoms with Gasteiger partial charge in [-0.2, -0.15) is 0 Å². The maximum Gasteiger partial charge on any atom is 0.340 e. The first-order valence-corrected chi connectivity index (χ1v) is 7.13. The largest absolute Gasteiger partial charge is 0.478 e. The van der Waals surface area contributed by atoms with Crippen molar-refractivity contribution < 1.29 is 44.0 Å². The van der Waals surface area contributed by atoms with E-state index < -0.39 is 51.6 Å². The molecule has 0 fully saturated rings. The Kier molecular flexibility index (Phi) is 3.88. The predicted molar refractivity (Wildman–Crippen MR) is 86.9 cm³/mol. The third-order valence-corrected chi connectivity index (χ3v) is 3.86. The van der Waals surface area contributed by atoms with Gasteiger partial charge in [-0.3, -0.25) is 4.79 Å². The summed E-state index contributed by atoms with van der Waals surface area (Å²) in [4.78, 5) is 57.5. The first-order valence-electron chi connectivity index (χ1n) is 7.13. The molecule has 0 spiro atoms. The standard InChI is InChI=1S/C17H8O10/c18-13-8-2-5-1-6(14(19)20)7(15(21)22)3-10(5)27-11(8)4-9(16(23)24)12(13)17(25)26/h1-4H,(H,19,20)(H,21,22)(H,23,24)(H,25,26). The number of rotatable bonds is 4. The minimum atomic E-state index is -1.74. The van der Waals surface area contributed by atoms with Crippen LogP contribution in [-0.2, 0) is 0 Å². The number of hydrogen-bond acceptors (Lipinski definition) is 6. The van der Waals surface area contributed by atoms with Crippen LogP contribution in [-0.4, -0.2) is 44.3 Å². The highest BCUT2D eigenvalue weighted by Crippen LogP contribution is 2.30. The Morgan fingerprint density at radius 2 is 1.26 bits per heavy atom. The second-order valence-corrected chi connectivity index (χ2v) is 5.44. The molecule has 2 aliphatic rings. The molecule has 10 heteroatoms. The van der Waals surface area contributed by atoms with Crippen LogP contribution in [0.5, 0.6) is 0 Å². The van der Waals surface area contributed by atoms with Crippen LogP contribution >= 0.6 is 0 Å². The number of carboxylic acids is 4. The number of aromatic carboxylic acids is 4. The smallest absolute Gasteiger partial charge is 0.340 e. The zero-order chi connectivity index (χ0) is 20.0. The molecule has 3 rings (SSSR count). The van der Waals surface area contributed by atoms with Crippen LogP contribution in [0.3, 0.4) is 0 Å². The lowest BCUT2D eigenvalue weighted by molar-refractivity contribution is 0.0650. The van der Waals surface area contributed by atoms with E-state index in [1.807, 2.05) is 0 Å². The highest BCUT2D eigenvalue weighted by molar-refractivity contribution is 6.07. The maximum atomic E-state index is 12.4. The molecule has 0 unspecified atom stereocenters. The first kappa shape index (κ1) is 17.6. The third-order valence-electron chi connectivity index (χ3n) is 3.86. The summed E-state index contributed by atoms with van der Waals surface area (Å²) in [6.45, 7) is 0. The second-order valence-electron chi connectivity index (χ2n) is 5.44. The van der Waals surface area contributed by atoms with Crippen LogP contribution in [0.15, 0.2) is 33.5 Å². The Hall–Kier alpha value is -4.21. The number of carboxylic acid groups (broad SMARTS) is 4. The fraction of sp³-hybridized carbons (Fsp3) is 0. The van der Waals surface area contributed by atoms with Gasteiger partial charge in [-0.1, -0.05) is 0 Å². The summed E-state index contributed by atoms with van der Waals surface area (Å²) < 4.78 is 5.37. The van der Waals surface area contributed by atoms with E-state index in [0.717, 1.165) is 24.3 Å². The molecule has 0 aromatic heterocycles. The van der Waals surface area contributed by atoms with Crippen LogP contribution in [0.25, 0.3) is 22.3 Å². The van der Waals surface area contributed by atoms with E-state index in [1.165, 1.54) is 0 Å². The van der Waals surface area contributed by atoms with E-state index in [4.69, 9.17) is 24.8 Å². The van der Waals surface area contributed by atoms with Gasteiger partial charge >= 0.3 is 23.9 Å². The van der Waals surface area contributed by atoms with E-state index in [9.17, 15) is 24.0 Å². The van der Waals surface area contributed by atoms with Crippen LogP contribution in [0.4, 0.5) is 0 Å². The van der Waals surface area contributed by atoms with Crippen molar-refractivity contribution in [1.82, 2.24) is 0 Å². The predicted octanol–water partition coefficient (Wildman–Crippen LogP) is 1.69. The highest BCUT2D eigenvalue weighted by atomic mass is 16.4. The maximum absolute atomic E-state index is 12.4. The Bertz CT molecular complexity index is 1200. The fourth-order valence-electron chi connectivity index (χ4n) is 2.68. The van der Waals surface area contributed by atoms with Gasteiger partial charge in [0.1, 0.15) is 16.9 Å². The molecular weight excluding hydrogens is 364 g/mol. The Labute approximate surface area is 147 Å². The first-order chi connectivity index (χ1) is 12.6. The van der Waals surface area contributed by atoms with Crippen molar-refractivity contribution >= 4 is 34.8 Å². The highest BCUT2D eigenvalue weighted by Gasteiger charge is 2.27. The molecule has 0 bridgehead atoms. The quantitative estimate of drug-likeness (QED) is 0.492. The monoisotopic (exact) mass is 372 g/mol. The second kappa shape index (κ2) is 5.95. The van der Waals surface area contributed by atoms with Gasteiger partial charge in [0.2, 0.25) is 5.43 Å². The molecule has 136 valence electrons. The van der Waals surface area contributed by atoms with Gasteiger partial charge in [0.05, 0.1) is 22.3 Å². The van der Waals surface area contributed by atoms with Crippen molar-refractivity contribution in [3.8, 4) is 11.3 Å². The molecule has 1 aliphatic carbocycles. The topological polar surface area (TPSA) is 179 Å². The van der Waals surface area contributed by atoms with Crippen molar-refractivity contribution in [3.63, 3.8) is 0 Å². The summed E-state index contributed by atoms with van der Waals surface area (Å²) in [5.41, 5.74) is -4.41. The van der Waals surface area contributed by atoms with Crippen molar-refractivity contribution in [2.24, 2.45) is 0 Å². The SMILES string of the molecule is O=C(O)c1cc2cc3c(=O)c(C(=O)O)c(C(=O)O)cc-3oc2cc1C(=O)O. The van der Waals surface area contributed by atoms with E-state index in [-0.39, 0.29) is 22.3 Å². The molecule has 1 aromatic rings. The molecule has 0 saturated carbocycles. The molecule has 1 aromatic carbocycles. The zero-order valence-electron chi connectivity index (χ0n) is 13.0. The lowest BCUT2D eigenvalue weighted by Gasteiger charge is -2.11. The van der Waals surface area contributed by atoms with Crippen molar-refractivity contribution in [1.29, 1.82) is 0 Å². The Balaban J connectivity index is 2.48. The minimum Gasteiger partial charge on any atom is -0.478 e. The van der Waals surface area contributed by atoms with Gasteiger partial charge in [-0.15, -0.1) is 0 Å². The fourth-order valence-corrected chi connectivity index (χ4v) is 2.68. The summed E-state index contributed by atoms with van der Waals surface area (Å²) in [6.07, 6.45) is 0. The van der Waals surface area contributed by atoms with Gasteiger partial charge in [0.25, 0.3) is 0 Å². The Morgan fingerprint density at radius 1 is 0.704 bits per heavy atom. The van der Waals surface area contributed by atoms with E-state index in [1.54, 1.807) is 0 Å². The van der Waals surface area contributed by atoms with E-state index >= 15 is 0 Å². The average Bonchev–Trinajstić information content (AvgIpc) is 2.58. The molecule has 0 amide bonds. The third kappa shape index (κ3) is 2.74. The normalized spacial score (nSPS) is 10.8. The summed E-state index contributed by atoms with van der Waals surface area (Å²) >= 11 is 0. The summed E-state index contributed by atoms with van der Waals surface area (Å²) in [5, 5.41) is 36.6. The Morgan fingerprint density at radius 3 is 1.78 bits per heavy atom. The lowest BCUT2D eigenvalue weighted by atomic mass is 9.97. The molecule has 0 saturated heterocycles. The molecule has 27 heavy (non-hydrogen) atoms. The molecule has 1 aliphatic heterocycles. The van der Waals surface area contributed by atoms with Gasteiger partial charge in [0, 0.05) is 5.39 Å². The summed E-state index contributed by atoms with van der Waals surface area (Å²) in [6, 6.07) is 3.85. The van der Waals surface area contributed by atoms with Crippen LogP contribution < -0.4 is 5.43 Å². The number of carbonyl (C=O) groups is 4. The summed E-state index contributed by atoms with van der Waals surface area (Å²) in [5.74, 6) is -6.74. The van der Waals surface area contributed by atoms with Crippen LogP contribution in [0.1, 0.15) is 41.4 Å². The van der Waals surface area contributed by atoms with Gasteiger partial charge in [-0.25, -0.2) is 19.2 Å². The number of benzene rings is 2. The van der Waals surface area contributed by atoms with Crippen LogP contribution in [0, 0.1) is 0 Å². The van der Waals surface area contributed by atoms with E-state index in [2.05, 4.69) is 0 Å². The number of fused-ring (bicyclic) bond motifs is 2. The lowest BCUT2D eigenvalue weighted by Crippen LogP contribution is -2.22. The minimum absolute atomic E-state index is 0.0291. The molecular formula is C17H8O10. The average molecular weight is 372 g/mol. The van der Waals surface area contributed by atoms with E-state index in [0.29, 0.717) is 0 Å².